The first-order chi connectivity index (χ1) is 15.8. The van der Waals surface area contributed by atoms with E-state index in [9.17, 15) is 14.4 Å². The second kappa shape index (κ2) is 10.9. The minimum absolute atomic E-state index is 0.219. The molecule has 0 aliphatic carbocycles. The monoisotopic (exact) mass is 472 g/mol. The average molecular weight is 473 g/mol. The summed E-state index contributed by atoms with van der Waals surface area (Å²) in [5, 5.41) is 4.25. The molecule has 174 valence electrons. The van der Waals surface area contributed by atoms with Crippen molar-refractivity contribution < 1.29 is 28.6 Å². The van der Waals surface area contributed by atoms with Gasteiger partial charge in [-0.3, -0.25) is 20.2 Å². The lowest BCUT2D eigenvalue weighted by Crippen LogP contribution is -2.51. The zero-order valence-corrected chi connectivity index (χ0v) is 19.3. The van der Waals surface area contributed by atoms with Gasteiger partial charge in [0.15, 0.2) is 11.5 Å². The Morgan fingerprint density at radius 1 is 1.00 bits per heavy atom. The van der Waals surface area contributed by atoms with Gasteiger partial charge in [-0.05, 0) is 53.8 Å². The van der Waals surface area contributed by atoms with Crippen molar-refractivity contribution in [1.29, 1.82) is 0 Å². The van der Waals surface area contributed by atoms with Crippen molar-refractivity contribution in [2.24, 2.45) is 0 Å². The number of methoxy groups -OCH3 is 1. The van der Waals surface area contributed by atoms with Crippen LogP contribution in [0.1, 0.15) is 37.3 Å². The fraction of sp³-hybridized carbons (Fsp3) is 0.292. The van der Waals surface area contributed by atoms with Crippen LogP contribution in [-0.4, -0.2) is 38.2 Å². The minimum atomic E-state index is -0.866. The van der Waals surface area contributed by atoms with Crippen LogP contribution in [0.2, 0.25) is 5.02 Å². The van der Waals surface area contributed by atoms with E-state index < -0.39 is 17.8 Å². The van der Waals surface area contributed by atoms with Crippen LogP contribution in [-0.2, 0) is 9.59 Å². The molecule has 0 bridgehead atoms. The van der Waals surface area contributed by atoms with E-state index in [1.807, 2.05) is 22.8 Å². The van der Waals surface area contributed by atoms with Crippen LogP contribution < -0.4 is 24.8 Å². The SMILES string of the molecule is CC[C@H](C)c1ccc(OCCOc2c(Cl)cc(C=C3C(=O)NC(=O)NC3=O)cc2OC)cc1. The lowest BCUT2D eigenvalue weighted by molar-refractivity contribution is -0.123. The predicted octanol–water partition coefficient (Wildman–Crippen LogP) is 4.07. The molecule has 9 heteroatoms. The summed E-state index contributed by atoms with van der Waals surface area (Å²) in [7, 11) is 1.45. The molecular formula is C24H25ClN2O6. The molecule has 4 amide bonds. The van der Waals surface area contributed by atoms with Crippen LogP contribution in [0.25, 0.3) is 6.08 Å². The molecule has 1 fully saturated rings. The lowest BCUT2D eigenvalue weighted by atomic mass is 9.99. The van der Waals surface area contributed by atoms with Crippen LogP contribution in [0, 0.1) is 0 Å². The zero-order chi connectivity index (χ0) is 24.0. The molecule has 2 N–H and O–H groups in total. The third-order valence-electron chi connectivity index (χ3n) is 5.17. The van der Waals surface area contributed by atoms with Gasteiger partial charge in [0, 0.05) is 0 Å². The van der Waals surface area contributed by atoms with E-state index in [2.05, 4.69) is 26.0 Å². The van der Waals surface area contributed by atoms with Gasteiger partial charge in [-0.1, -0.05) is 37.6 Å². The van der Waals surface area contributed by atoms with Crippen molar-refractivity contribution in [2.45, 2.75) is 26.2 Å². The third-order valence-corrected chi connectivity index (χ3v) is 5.45. The number of urea groups is 1. The number of carbonyl (C=O) groups excluding carboxylic acids is 3. The van der Waals surface area contributed by atoms with E-state index in [1.165, 1.54) is 24.8 Å². The third kappa shape index (κ3) is 6.04. The van der Waals surface area contributed by atoms with Crippen LogP contribution in [0.3, 0.4) is 0 Å². The standard InChI is InChI=1S/C24H25ClN2O6/c1-4-14(2)16-5-7-17(8-6-16)32-9-10-33-21-19(25)12-15(13-20(21)31-3)11-18-22(28)26-24(30)27-23(18)29/h5-8,11-14H,4,9-10H2,1-3H3,(H2,26,27,28,29,30)/t14-/m0/s1. The lowest BCUT2D eigenvalue weighted by Gasteiger charge is -2.16. The van der Waals surface area contributed by atoms with Crippen molar-refractivity contribution in [3.8, 4) is 17.2 Å². The smallest absolute Gasteiger partial charge is 0.328 e. The molecule has 3 rings (SSSR count). The first kappa shape index (κ1) is 24.1. The molecular weight excluding hydrogens is 448 g/mol. The van der Waals surface area contributed by atoms with Gasteiger partial charge in [-0.15, -0.1) is 0 Å². The molecule has 1 aliphatic heterocycles. The predicted molar refractivity (Wildman–Crippen MR) is 124 cm³/mol. The number of nitrogens with one attached hydrogen (secondary N) is 2. The summed E-state index contributed by atoms with van der Waals surface area (Å²) < 4.78 is 16.8. The second-order valence-electron chi connectivity index (χ2n) is 7.40. The van der Waals surface area contributed by atoms with E-state index in [0.717, 1.165) is 12.2 Å². The summed E-state index contributed by atoms with van der Waals surface area (Å²) in [6.45, 7) is 4.85. The van der Waals surface area contributed by atoms with Crippen molar-refractivity contribution in [2.75, 3.05) is 20.3 Å². The molecule has 1 heterocycles. The van der Waals surface area contributed by atoms with Crippen molar-refractivity contribution in [3.05, 3.63) is 58.1 Å². The second-order valence-corrected chi connectivity index (χ2v) is 7.81. The Morgan fingerprint density at radius 3 is 2.24 bits per heavy atom. The number of ether oxygens (including phenoxy) is 3. The molecule has 33 heavy (non-hydrogen) atoms. The maximum absolute atomic E-state index is 11.9. The van der Waals surface area contributed by atoms with E-state index >= 15 is 0 Å². The summed E-state index contributed by atoms with van der Waals surface area (Å²) in [6, 6.07) is 10.2. The molecule has 0 saturated carbocycles. The van der Waals surface area contributed by atoms with Gasteiger partial charge in [0.05, 0.1) is 12.1 Å². The number of benzene rings is 2. The van der Waals surface area contributed by atoms with Crippen molar-refractivity contribution >= 4 is 35.5 Å². The van der Waals surface area contributed by atoms with E-state index in [4.69, 9.17) is 25.8 Å². The van der Waals surface area contributed by atoms with Gasteiger partial charge < -0.3 is 14.2 Å². The fourth-order valence-electron chi connectivity index (χ4n) is 3.17. The number of halogens is 1. The van der Waals surface area contributed by atoms with Crippen LogP contribution in [0.15, 0.2) is 42.0 Å². The number of hydrogen-bond donors (Lipinski definition) is 2. The number of imide groups is 2. The normalized spacial score (nSPS) is 14.3. The molecule has 0 spiro atoms. The van der Waals surface area contributed by atoms with Gasteiger partial charge in [0.25, 0.3) is 11.8 Å². The van der Waals surface area contributed by atoms with Gasteiger partial charge in [-0.25, -0.2) is 4.79 Å². The minimum Gasteiger partial charge on any atom is -0.493 e. The molecule has 1 aliphatic rings. The molecule has 8 nitrogen and oxygen atoms in total. The summed E-state index contributed by atoms with van der Waals surface area (Å²) in [5.41, 5.74) is 1.47. The highest BCUT2D eigenvalue weighted by molar-refractivity contribution is 6.33. The summed E-state index contributed by atoms with van der Waals surface area (Å²) in [6.07, 6.45) is 2.38. The quantitative estimate of drug-likeness (QED) is 0.324. The van der Waals surface area contributed by atoms with Gasteiger partial charge in [0.1, 0.15) is 24.5 Å². The number of carbonyl (C=O) groups is 3. The molecule has 0 unspecified atom stereocenters. The highest BCUT2D eigenvalue weighted by Crippen LogP contribution is 2.37. The number of hydrogen-bond acceptors (Lipinski definition) is 6. The Kier molecular flexibility index (Phi) is 7.95. The highest BCUT2D eigenvalue weighted by Gasteiger charge is 2.28. The summed E-state index contributed by atoms with van der Waals surface area (Å²) in [4.78, 5) is 35.0. The van der Waals surface area contributed by atoms with Gasteiger partial charge >= 0.3 is 6.03 Å². The Labute approximate surface area is 196 Å². The number of amides is 4. The van der Waals surface area contributed by atoms with Crippen LogP contribution in [0.5, 0.6) is 17.2 Å². The van der Waals surface area contributed by atoms with Gasteiger partial charge in [0.2, 0.25) is 0 Å². The topological polar surface area (TPSA) is 103 Å². The molecule has 2 aromatic rings. The van der Waals surface area contributed by atoms with Crippen molar-refractivity contribution in [1.82, 2.24) is 10.6 Å². The maximum Gasteiger partial charge on any atom is 0.328 e. The summed E-state index contributed by atoms with van der Waals surface area (Å²) in [5.74, 6) is 0.278. The van der Waals surface area contributed by atoms with Gasteiger partial charge in [-0.2, -0.15) is 0 Å². The Balaban J connectivity index is 1.64. The highest BCUT2D eigenvalue weighted by atomic mass is 35.5. The first-order valence-corrected chi connectivity index (χ1v) is 10.8. The molecule has 0 aromatic heterocycles. The Bertz CT molecular complexity index is 1060. The first-order valence-electron chi connectivity index (χ1n) is 10.4. The average Bonchev–Trinajstić information content (AvgIpc) is 2.79. The van der Waals surface area contributed by atoms with E-state index in [1.54, 1.807) is 6.07 Å². The van der Waals surface area contributed by atoms with Crippen LogP contribution in [0.4, 0.5) is 4.79 Å². The largest absolute Gasteiger partial charge is 0.493 e. The summed E-state index contributed by atoms with van der Waals surface area (Å²) >= 11 is 6.35. The van der Waals surface area contributed by atoms with E-state index in [0.29, 0.717) is 29.6 Å². The molecule has 0 radical (unpaired) electrons. The molecule has 1 saturated heterocycles. The van der Waals surface area contributed by atoms with Crippen molar-refractivity contribution in [3.63, 3.8) is 0 Å². The molecule has 1 atom stereocenters. The zero-order valence-electron chi connectivity index (χ0n) is 18.6. The van der Waals surface area contributed by atoms with Crippen LogP contribution >= 0.6 is 11.6 Å². The van der Waals surface area contributed by atoms with E-state index in [-0.39, 0.29) is 17.2 Å². The number of barbiturate groups is 1. The number of rotatable bonds is 9. The molecule has 2 aromatic carbocycles. The Morgan fingerprint density at radius 2 is 1.64 bits per heavy atom. The fourth-order valence-corrected chi connectivity index (χ4v) is 3.44. The maximum atomic E-state index is 11.9. The Hall–Kier alpha value is -3.52.